The number of hydrogen-bond donors (Lipinski definition) is 0. The van der Waals surface area contributed by atoms with Crippen LogP contribution in [0.2, 0.25) is 0 Å². The van der Waals surface area contributed by atoms with Gasteiger partial charge in [-0.2, -0.15) is 0 Å². The van der Waals surface area contributed by atoms with E-state index in [0.29, 0.717) is 16.0 Å². The molecular weight excluding hydrogens is 404 g/mol. The predicted octanol–water partition coefficient (Wildman–Crippen LogP) is 4.80. The second-order valence-electron chi connectivity index (χ2n) is 3.06. The van der Waals surface area contributed by atoms with E-state index in [1.807, 2.05) is 12.1 Å². The van der Waals surface area contributed by atoms with Crippen molar-refractivity contribution < 1.29 is 9.21 Å². The third kappa shape index (κ3) is 2.47. The van der Waals surface area contributed by atoms with Crippen LogP contribution in [0.15, 0.2) is 48.4 Å². The summed E-state index contributed by atoms with van der Waals surface area (Å²) in [6.07, 6.45) is 0. The van der Waals surface area contributed by atoms with Gasteiger partial charge in [0.15, 0.2) is 10.4 Å². The molecule has 5 heteroatoms. The molecule has 2 nitrogen and oxygen atoms in total. The van der Waals surface area contributed by atoms with Crippen LogP contribution in [0, 0.1) is 0 Å². The Kier molecular flexibility index (Phi) is 3.66. The van der Waals surface area contributed by atoms with Crippen LogP contribution in [0.25, 0.3) is 0 Å². The molecule has 0 radical (unpaired) electrons. The largest absolute Gasteiger partial charge is 0.446 e. The molecule has 0 aliphatic rings. The summed E-state index contributed by atoms with van der Waals surface area (Å²) >= 11 is 9.85. The first-order valence-electron chi connectivity index (χ1n) is 4.33. The van der Waals surface area contributed by atoms with Crippen molar-refractivity contribution in [2.75, 3.05) is 0 Å². The summed E-state index contributed by atoms with van der Waals surface area (Å²) in [6.45, 7) is 0. The van der Waals surface area contributed by atoms with Gasteiger partial charge in [-0.1, -0.05) is 15.9 Å². The number of carbonyl (C=O) groups is 1. The lowest BCUT2D eigenvalue weighted by Gasteiger charge is -2.01. The van der Waals surface area contributed by atoms with Crippen molar-refractivity contribution in [3.8, 4) is 0 Å². The van der Waals surface area contributed by atoms with Crippen LogP contribution >= 0.6 is 47.8 Å². The summed E-state index contributed by atoms with van der Waals surface area (Å²) in [5.74, 6) is 0.167. The molecule has 0 saturated carbocycles. The van der Waals surface area contributed by atoms with Gasteiger partial charge in [0.05, 0.1) is 0 Å². The van der Waals surface area contributed by atoms with Crippen LogP contribution in [0.4, 0.5) is 0 Å². The van der Waals surface area contributed by atoms with E-state index in [1.54, 1.807) is 18.2 Å². The lowest BCUT2D eigenvalue weighted by Crippen LogP contribution is -2.00. The highest BCUT2D eigenvalue weighted by Crippen LogP contribution is 2.25. The van der Waals surface area contributed by atoms with E-state index < -0.39 is 0 Å². The van der Waals surface area contributed by atoms with Crippen molar-refractivity contribution in [2.45, 2.75) is 0 Å². The third-order valence-electron chi connectivity index (χ3n) is 1.97. The van der Waals surface area contributed by atoms with Crippen LogP contribution in [0.1, 0.15) is 16.1 Å². The van der Waals surface area contributed by atoms with E-state index in [2.05, 4.69) is 47.8 Å². The molecule has 1 aromatic heterocycles. The molecule has 0 fully saturated rings. The van der Waals surface area contributed by atoms with E-state index in [4.69, 9.17) is 4.42 Å². The topological polar surface area (TPSA) is 30.2 Å². The summed E-state index contributed by atoms with van der Waals surface area (Å²) in [5.41, 5.74) is 0.574. The lowest BCUT2D eigenvalue weighted by atomic mass is 10.1. The lowest BCUT2D eigenvalue weighted by molar-refractivity contribution is 0.101. The third-order valence-corrected chi connectivity index (χ3v) is 3.55. The fraction of sp³-hybridized carbons (Fsp3) is 0. The number of rotatable bonds is 2. The Bertz CT molecular complexity index is 546. The average molecular weight is 409 g/mol. The monoisotopic (exact) mass is 406 g/mol. The Morgan fingerprint density at radius 2 is 1.81 bits per heavy atom. The number of hydrogen-bond acceptors (Lipinski definition) is 2. The van der Waals surface area contributed by atoms with Crippen molar-refractivity contribution in [3.63, 3.8) is 0 Å². The Balaban J connectivity index is 2.41. The number of benzene rings is 1. The van der Waals surface area contributed by atoms with Crippen molar-refractivity contribution >= 4 is 53.6 Å². The minimum atomic E-state index is -0.148. The van der Waals surface area contributed by atoms with Crippen molar-refractivity contribution in [1.29, 1.82) is 0 Å². The number of carbonyl (C=O) groups excluding carboxylic acids is 1. The molecule has 0 bridgehead atoms. The quantitative estimate of drug-likeness (QED) is 0.668. The minimum Gasteiger partial charge on any atom is -0.446 e. The summed E-state index contributed by atoms with van der Waals surface area (Å²) in [7, 11) is 0. The molecule has 0 atom stereocenters. The first-order valence-corrected chi connectivity index (χ1v) is 6.71. The maximum atomic E-state index is 12.0. The van der Waals surface area contributed by atoms with Crippen LogP contribution in [0.3, 0.4) is 0 Å². The van der Waals surface area contributed by atoms with Gasteiger partial charge in [-0.15, -0.1) is 0 Å². The molecule has 82 valence electrons. The molecule has 0 unspecified atom stereocenters. The Morgan fingerprint density at radius 1 is 1.06 bits per heavy atom. The number of halogens is 3. The minimum absolute atomic E-state index is 0.148. The highest BCUT2D eigenvalue weighted by molar-refractivity contribution is 9.11. The van der Waals surface area contributed by atoms with Crippen LogP contribution in [-0.2, 0) is 0 Å². The van der Waals surface area contributed by atoms with Gasteiger partial charge in [-0.05, 0) is 62.2 Å². The zero-order valence-corrected chi connectivity index (χ0v) is 12.6. The van der Waals surface area contributed by atoms with Crippen LogP contribution in [-0.4, -0.2) is 5.78 Å². The van der Waals surface area contributed by atoms with Crippen molar-refractivity contribution in [1.82, 2.24) is 0 Å². The molecule has 0 saturated heterocycles. The molecule has 0 amide bonds. The van der Waals surface area contributed by atoms with E-state index in [1.165, 1.54) is 0 Å². The fourth-order valence-electron chi connectivity index (χ4n) is 1.24. The van der Waals surface area contributed by atoms with E-state index in [9.17, 15) is 4.79 Å². The van der Waals surface area contributed by atoms with Crippen molar-refractivity contribution in [2.24, 2.45) is 0 Å². The van der Waals surface area contributed by atoms with Gasteiger partial charge in [0.25, 0.3) is 0 Å². The predicted molar refractivity (Wildman–Crippen MR) is 71.7 cm³/mol. The van der Waals surface area contributed by atoms with Gasteiger partial charge in [0.1, 0.15) is 0 Å². The Labute approximate surface area is 117 Å². The summed E-state index contributed by atoms with van der Waals surface area (Å²) < 4.78 is 7.41. The Morgan fingerprint density at radius 3 is 2.38 bits per heavy atom. The van der Waals surface area contributed by atoms with E-state index in [-0.39, 0.29) is 5.78 Å². The molecule has 0 aliphatic carbocycles. The number of furan rings is 1. The maximum absolute atomic E-state index is 12.0. The van der Waals surface area contributed by atoms with E-state index >= 15 is 0 Å². The summed E-state index contributed by atoms with van der Waals surface area (Å²) in [5, 5.41) is 0. The highest BCUT2D eigenvalue weighted by Gasteiger charge is 2.16. The summed E-state index contributed by atoms with van der Waals surface area (Å²) in [4.78, 5) is 12.0. The van der Waals surface area contributed by atoms with Crippen LogP contribution in [0.5, 0.6) is 0 Å². The van der Waals surface area contributed by atoms with Gasteiger partial charge in [0.2, 0.25) is 5.78 Å². The normalized spacial score (nSPS) is 10.4. The standard InChI is InChI=1S/C11H5Br3O2/c12-6-1-2-7(8(13)5-6)11(15)9-3-4-10(14)16-9/h1-5H. The highest BCUT2D eigenvalue weighted by atomic mass is 79.9. The molecule has 0 spiro atoms. The van der Waals surface area contributed by atoms with Gasteiger partial charge in [-0.3, -0.25) is 4.79 Å². The van der Waals surface area contributed by atoms with Gasteiger partial charge in [-0.25, -0.2) is 0 Å². The molecule has 0 N–H and O–H groups in total. The first-order chi connectivity index (χ1) is 7.58. The van der Waals surface area contributed by atoms with Crippen LogP contribution < -0.4 is 0 Å². The molecule has 1 aromatic carbocycles. The fourth-order valence-corrected chi connectivity index (χ4v) is 2.78. The zero-order valence-electron chi connectivity index (χ0n) is 7.84. The first kappa shape index (κ1) is 12.1. The van der Waals surface area contributed by atoms with E-state index in [0.717, 1.165) is 8.95 Å². The second kappa shape index (κ2) is 4.85. The Hall–Kier alpha value is -0.390. The maximum Gasteiger partial charge on any atom is 0.229 e. The molecule has 16 heavy (non-hydrogen) atoms. The summed E-state index contributed by atoms with van der Waals surface area (Å²) in [6, 6.07) is 8.72. The van der Waals surface area contributed by atoms with Gasteiger partial charge >= 0.3 is 0 Å². The second-order valence-corrected chi connectivity index (χ2v) is 5.61. The molecule has 2 aromatic rings. The molecular formula is C11H5Br3O2. The smallest absolute Gasteiger partial charge is 0.229 e. The SMILES string of the molecule is O=C(c1ccc(Br)o1)c1ccc(Br)cc1Br. The number of ketones is 1. The zero-order chi connectivity index (χ0) is 11.7. The van der Waals surface area contributed by atoms with Gasteiger partial charge < -0.3 is 4.42 Å². The van der Waals surface area contributed by atoms with Gasteiger partial charge in [0, 0.05) is 14.5 Å². The molecule has 2 rings (SSSR count). The average Bonchev–Trinajstić information content (AvgIpc) is 2.64. The molecule has 0 aliphatic heterocycles. The molecule has 1 heterocycles. The van der Waals surface area contributed by atoms with Crippen molar-refractivity contribution in [3.05, 3.63) is 55.3 Å².